The Balaban J connectivity index is 2.56. The number of hydrogen-bond donors (Lipinski definition) is 2. The molecule has 2 N–H and O–H groups in total. The normalized spacial score (nSPS) is 9.89. The van der Waals surface area contributed by atoms with E-state index in [1.807, 2.05) is 0 Å². The number of carbonyl (C=O) groups excluding carboxylic acids is 1. The first-order valence-corrected chi connectivity index (χ1v) is 5.59. The zero-order valence-electron chi connectivity index (χ0n) is 10.4. The molecule has 0 aromatic carbocycles. The van der Waals surface area contributed by atoms with Crippen LogP contribution in [0.15, 0.2) is 12.1 Å². The van der Waals surface area contributed by atoms with Gasteiger partial charge in [0, 0.05) is 19.2 Å². The van der Waals surface area contributed by atoms with Crippen LogP contribution in [-0.2, 0) is 4.79 Å². The smallest absolute Gasteiger partial charge is 0.358 e. The Labute approximate surface area is 105 Å². The molecule has 1 heterocycles. The highest BCUT2D eigenvalue weighted by molar-refractivity contribution is 5.88. The van der Waals surface area contributed by atoms with Crippen LogP contribution in [0.2, 0.25) is 0 Å². The van der Waals surface area contributed by atoms with Gasteiger partial charge in [-0.1, -0.05) is 0 Å². The summed E-state index contributed by atoms with van der Waals surface area (Å²) < 4.78 is 5.33. The topological polar surface area (TPSA) is 88.5 Å². The second-order valence-electron chi connectivity index (χ2n) is 3.73. The molecular formula is C12H16N2O4. The second kappa shape index (κ2) is 6.58. The minimum absolute atomic E-state index is 0.0703. The maximum Gasteiger partial charge on any atom is 0.358 e. The second-order valence-corrected chi connectivity index (χ2v) is 3.73. The maximum atomic E-state index is 11.0. The van der Waals surface area contributed by atoms with E-state index in [0.29, 0.717) is 18.5 Å². The van der Waals surface area contributed by atoms with Crippen LogP contribution in [0.25, 0.3) is 0 Å². The van der Waals surface area contributed by atoms with Crippen molar-refractivity contribution in [3.05, 3.63) is 23.5 Å². The van der Waals surface area contributed by atoms with Gasteiger partial charge < -0.3 is 15.2 Å². The highest BCUT2D eigenvalue weighted by Gasteiger charge is 2.13. The molecule has 0 aliphatic heterocycles. The van der Waals surface area contributed by atoms with Crippen molar-refractivity contribution in [2.45, 2.75) is 19.8 Å². The third-order valence-corrected chi connectivity index (χ3v) is 2.28. The van der Waals surface area contributed by atoms with Gasteiger partial charge in [0.1, 0.15) is 0 Å². The fourth-order valence-electron chi connectivity index (χ4n) is 1.35. The van der Waals surface area contributed by atoms with E-state index >= 15 is 0 Å². The molecule has 6 heteroatoms. The van der Waals surface area contributed by atoms with E-state index in [1.54, 1.807) is 26.1 Å². The molecule has 6 nitrogen and oxygen atoms in total. The summed E-state index contributed by atoms with van der Waals surface area (Å²) in [6.07, 6.45) is 0.866. The molecule has 0 bridgehead atoms. The Morgan fingerprint density at radius 1 is 1.44 bits per heavy atom. The third-order valence-electron chi connectivity index (χ3n) is 2.28. The summed E-state index contributed by atoms with van der Waals surface area (Å²) in [6, 6.07) is 3.26. The Morgan fingerprint density at radius 2 is 2.17 bits per heavy atom. The van der Waals surface area contributed by atoms with E-state index in [-0.39, 0.29) is 24.0 Å². The first kappa shape index (κ1) is 14.0. The van der Waals surface area contributed by atoms with Gasteiger partial charge in [-0.2, -0.15) is 0 Å². The van der Waals surface area contributed by atoms with E-state index in [0.717, 1.165) is 0 Å². The number of carbonyl (C=O) groups is 2. The van der Waals surface area contributed by atoms with Gasteiger partial charge in [0.15, 0.2) is 11.4 Å². The third kappa shape index (κ3) is 4.04. The Morgan fingerprint density at radius 3 is 2.78 bits per heavy atom. The average molecular weight is 252 g/mol. The van der Waals surface area contributed by atoms with Crippen molar-refractivity contribution in [2.24, 2.45) is 0 Å². The molecule has 98 valence electrons. The van der Waals surface area contributed by atoms with Gasteiger partial charge in [-0.3, -0.25) is 4.79 Å². The van der Waals surface area contributed by atoms with Crippen molar-refractivity contribution < 1.29 is 19.4 Å². The average Bonchev–Trinajstić information content (AvgIpc) is 2.35. The molecule has 18 heavy (non-hydrogen) atoms. The van der Waals surface area contributed by atoms with Crippen LogP contribution in [0.1, 0.15) is 29.0 Å². The van der Waals surface area contributed by atoms with Gasteiger partial charge in [0.2, 0.25) is 5.91 Å². The lowest BCUT2D eigenvalue weighted by Crippen LogP contribution is -2.18. The largest absolute Gasteiger partial charge is 0.491 e. The van der Waals surface area contributed by atoms with Crippen molar-refractivity contribution in [1.29, 1.82) is 0 Å². The van der Waals surface area contributed by atoms with Crippen LogP contribution in [0.3, 0.4) is 0 Å². The van der Waals surface area contributed by atoms with Crippen LogP contribution in [0.4, 0.5) is 0 Å². The predicted octanol–water partition coefficient (Wildman–Crippen LogP) is 0.993. The molecule has 1 aromatic rings. The minimum atomic E-state index is -1.12. The van der Waals surface area contributed by atoms with Crippen LogP contribution < -0.4 is 10.1 Å². The summed E-state index contributed by atoms with van der Waals surface area (Å²) in [4.78, 5) is 25.8. The van der Waals surface area contributed by atoms with Crippen LogP contribution in [-0.4, -0.2) is 35.6 Å². The molecule has 0 aliphatic rings. The van der Waals surface area contributed by atoms with Crippen LogP contribution >= 0.6 is 0 Å². The lowest BCUT2D eigenvalue weighted by molar-refractivity contribution is -0.120. The minimum Gasteiger partial charge on any atom is -0.491 e. The molecule has 0 saturated carbocycles. The fourth-order valence-corrected chi connectivity index (χ4v) is 1.35. The number of carboxylic acid groups (broad SMARTS) is 1. The first-order valence-electron chi connectivity index (χ1n) is 5.59. The SMILES string of the molecule is CNC(=O)CCCOc1ccc(C)nc1C(=O)O. The van der Waals surface area contributed by atoms with Crippen molar-refractivity contribution >= 4 is 11.9 Å². The summed E-state index contributed by atoms with van der Waals surface area (Å²) in [5.41, 5.74) is 0.514. The number of aromatic nitrogens is 1. The van der Waals surface area contributed by atoms with Gasteiger partial charge in [0.25, 0.3) is 0 Å². The van der Waals surface area contributed by atoms with E-state index in [2.05, 4.69) is 10.3 Å². The zero-order chi connectivity index (χ0) is 13.5. The molecule has 0 saturated heterocycles. The summed E-state index contributed by atoms with van der Waals surface area (Å²) in [6.45, 7) is 1.99. The summed E-state index contributed by atoms with van der Waals surface area (Å²) in [5, 5.41) is 11.5. The van der Waals surface area contributed by atoms with Crippen molar-refractivity contribution in [2.75, 3.05) is 13.7 Å². The Kier molecular flexibility index (Phi) is 5.10. The van der Waals surface area contributed by atoms with E-state index in [4.69, 9.17) is 9.84 Å². The standard InChI is InChI=1S/C12H16N2O4/c1-8-5-6-9(11(14-8)12(16)17)18-7-3-4-10(15)13-2/h5-6H,3-4,7H2,1-2H3,(H,13,15)(H,16,17). The summed E-state index contributed by atoms with van der Waals surface area (Å²) in [7, 11) is 1.57. The quantitative estimate of drug-likeness (QED) is 0.737. The number of aryl methyl sites for hydroxylation is 1. The molecule has 0 fully saturated rings. The molecule has 0 unspecified atom stereocenters. The number of carboxylic acids is 1. The number of amides is 1. The Hall–Kier alpha value is -2.11. The van der Waals surface area contributed by atoms with Gasteiger partial charge in [-0.15, -0.1) is 0 Å². The Bertz CT molecular complexity index is 446. The predicted molar refractivity (Wildman–Crippen MR) is 64.7 cm³/mol. The fraction of sp³-hybridized carbons (Fsp3) is 0.417. The maximum absolute atomic E-state index is 11.0. The van der Waals surface area contributed by atoms with Crippen molar-refractivity contribution in [3.8, 4) is 5.75 Å². The van der Waals surface area contributed by atoms with Gasteiger partial charge >= 0.3 is 5.97 Å². The van der Waals surface area contributed by atoms with Crippen LogP contribution in [0, 0.1) is 6.92 Å². The first-order chi connectivity index (χ1) is 8.54. The molecule has 0 atom stereocenters. The molecule has 1 aromatic heterocycles. The van der Waals surface area contributed by atoms with E-state index in [1.165, 1.54) is 0 Å². The number of rotatable bonds is 6. The number of pyridine rings is 1. The highest BCUT2D eigenvalue weighted by Crippen LogP contribution is 2.17. The number of nitrogens with zero attached hydrogens (tertiary/aromatic N) is 1. The summed E-state index contributed by atoms with van der Waals surface area (Å²) in [5.74, 6) is -0.968. The van der Waals surface area contributed by atoms with Gasteiger partial charge in [-0.05, 0) is 25.5 Å². The lowest BCUT2D eigenvalue weighted by atomic mass is 10.2. The molecule has 0 spiro atoms. The van der Waals surface area contributed by atoms with E-state index in [9.17, 15) is 9.59 Å². The van der Waals surface area contributed by atoms with Crippen molar-refractivity contribution in [3.63, 3.8) is 0 Å². The molecule has 1 amide bonds. The lowest BCUT2D eigenvalue weighted by Gasteiger charge is -2.08. The monoisotopic (exact) mass is 252 g/mol. The number of hydrogen-bond acceptors (Lipinski definition) is 4. The molecule has 0 radical (unpaired) electrons. The van der Waals surface area contributed by atoms with Gasteiger partial charge in [0.05, 0.1) is 6.61 Å². The number of aromatic carboxylic acids is 1. The summed E-state index contributed by atoms with van der Waals surface area (Å²) >= 11 is 0. The molecular weight excluding hydrogens is 236 g/mol. The molecule has 0 aliphatic carbocycles. The highest BCUT2D eigenvalue weighted by atomic mass is 16.5. The zero-order valence-corrected chi connectivity index (χ0v) is 10.4. The van der Waals surface area contributed by atoms with Crippen molar-refractivity contribution in [1.82, 2.24) is 10.3 Å². The number of ether oxygens (including phenoxy) is 1. The van der Waals surface area contributed by atoms with Crippen LogP contribution in [0.5, 0.6) is 5.75 Å². The number of nitrogens with one attached hydrogen (secondary N) is 1. The molecule has 1 rings (SSSR count). The van der Waals surface area contributed by atoms with E-state index < -0.39 is 5.97 Å². The van der Waals surface area contributed by atoms with Gasteiger partial charge in [-0.25, -0.2) is 9.78 Å².